The molecule has 1 aliphatic heterocycles. The maximum Gasteiger partial charge on any atom is 0.298 e. The van der Waals surface area contributed by atoms with Crippen molar-refractivity contribution < 1.29 is 14.4 Å². The molecule has 0 saturated carbocycles. The van der Waals surface area contributed by atoms with Crippen LogP contribution in [0, 0.1) is 11.8 Å². The zero-order valence-electron chi connectivity index (χ0n) is 18.6. The summed E-state index contributed by atoms with van der Waals surface area (Å²) >= 11 is 1.23. The fourth-order valence-electron chi connectivity index (χ4n) is 3.60. The molecule has 1 fully saturated rings. The second-order valence-corrected chi connectivity index (χ2v) is 8.57. The third-order valence-corrected chi connectivity index (χ3v) is 6.49. The van der Waals surface area contributed by atoms with E-state index in [1.807, 2.05) is 35.2 Å². The van der Waals surface area contributed by atoms with E-state index in [-0.39, 0.29) is 11.8 Å². The summed E-state index contributed by atoms with van der Waals surface area (Å²) in [5.74, 6) is 4.22. The Hall–Kier alpha value is -4.16. The van der Waals surface area contributed by atoms with Gasteiger partial charge in [0.15, 0.2) is 5.13 Å². The summed E-state index contributed by atoms with van der Waals surface area (Å²) < 4.78 is 0. The number of nitrogens with zero attached hydrogens (tertiary/aromatic N) is 3. The zero-order valence-corrected chi connectivity index (χ0v) is 19.4. The number of hydrogen-bond acceptors (Lipinski definition) is 6. The average molecular weight is 474 g/mol. The molecule has 1 aliphatic rings. The highest BCUT2D eigenvalue weighted by Crippen LogP contribution is 2.33. The van der Waals surface area contributed by atoms with Crippen molar-refractivity contribution in [3.8, 4) is 23.1 Å². The van der Waals surface area contributed by atoms with Crippen LogP contribution in [0.25, 0.3) is 11.3 Å². The SMILES string of the molecule is CC#CC(=O)N1CCN(c2nc(-c3ccc(C(=O)Nc4ccccc4)cc3)c(C(N)=O)s2)CC1. The first-order chi connectivity index (χ1) is 16.5. The number of carbonyl (C=O) groups is 3. The molecule has 9 heteroatoms. The van der Waals surface area contributed by atoms with E-state index < -0.39 is 5.91 Å². The van der Waals surface area contributed by atoms with Crippen LogP contribution in [0.15, 0.2) is 54.6 Å². The molecule has 0 radical (unpaired) electrons. The maximum atomic E-state index is 12.5. The van der Waals surface area contributed by atoms with E-state index in [0.29, 0.717) is 58.7 Å². The molecule has 2 heterocycles. The molecular formula is C25H23N5O3S. The quantitative estimate of drug-likeness (QED) is 0.554. The zero-order chi connectivity index (χ0) is 24.1. The standard InChI is InChI=1S/C25H23N5O3S/c1-2-6-20(31)29-13-15-30(16-14-29)25-28-21(22(34-25)23(26)32)17-9-11-18(12-10-17)24(33)27-19-7-4-3-5-8-19/h3-5,7-12H,13-16H2,1H3,(H2,26,32)(H,27,33). The Morgan fingerprint density at radius 1 is 1.00 bits per heavy atom. The molecule has 0 spiro atoms. The molecule has 172 valence electrons. The van der Waals surface area contributed by atoms with Crippen molar-refractivity contribution in [1.29, 1.82) is 0 Å². The number of rotatable bonds is 5. The number of para-hydroxylation sites is 1. The largest absolute Gasteiger partial charge is 0.365 e. The molecule has 2 aromatic carbocycles. The fraction of sp³-hybridized carbons (Fsp3) is 0.200. The van der Waals surface area contributed by atoms with Crippen molar-refractivity contribution in [2.24, 2.45) is 5.73 Å². The number of primary amides is 1. The molecule has 3 aromatic rings. The van der Waals surface area contributed by atoms with Crippen molar-refractivity contribution >= 4 is 39.9 Å². The van der Waals surface area contributed by atoms with Crippen LogP contribution in [-0.2, 0) is 4.79 Å². The van der Waals surface area contributed by atoms with Crippen molar-refractivity contribution in [3.63, 3.8) is 0 Å². The third kappa shape index (κ3) is 5.08. The van der Waals surface area contributed by atoms with Crippen molar-refractivity contribution in [2.45, 2.75) is 6.92 Å². The number of nitrogens with two attached hydrogens (primary N) is 1. The monoisotopic (exact) mass is 473 g/mol. The van der Waals surface area contributed by atoms with Gasteiger partial charge in [-0.05, 0) is 37.1 Å². The summed E-state index contributed by atoms with van der Waals surface area (Å²) in [4.78, 5) is 45.4. The van der Waals surface area contributed by atoms with Crippen molar-refractivity contribution in [3.05, 3.63) is 65.0 Å². The summed E-state index contributed by atoms with van der Waals surface area (Å²) in [6.07, 6.45) is 0. The number of anilines is 2. The minimum Gasteiger partial charge on any atom is -0.365 e. The van der Waals surface area contributed by atoms with Gasteiger partial charge in [-0.25, -0.2) is 4.98 Å². The average Bonchev–Trinajstić information content (AvgIpc) is 3.31. The number of amides is 3. The number of thiazole rings is 1. The number of nitrogens with one attached hydrogen (secondary N) is 1. The summed E-state index contributed by atoms with van der Waals surface area (Å²) in [6, 6.07) is 16.1. The van der Waals surface area contributed by atoms with E-state index in [1.54, 1.807) is 36.1 Å². The van der Waals surface area contributed by atoms with Gasteiger partial charge in [0.25, 0.3) is 17.7 Å². The van der Waals surface area contributed by atoms with Gasteiger partial charge >= 0.3 is 0 Å². The van der Waals surface area contributed by atoms with E-state index in [0.717, 1.165) is 0 Å². The Morgan fingerprint density at radius 3 is 2.29 bits per heavy atom. The van der Waals surface area contributed by atoms with E-state index >= 15 is 0 Å². The number of piperazine rings is 1. The number of carbonyl (C=O) groups excluding carboxylic acids is 3. The van der Waals surface area contributed by atoms with Gasteiger partial charge < -0.3 is 20.9 Å². The predicted octanol–water partition coefficient (Wildman–Crippen LogP) is 2.83. The van der Waals surface area contributed by atoms with Gasteiger partial charge in [-0.1, -0.05) is 47.6 Å². The number of benzene rings is 2. The maximum absolute atomic E-state index is 12.5. The molecule has 0 bridgehead atoms. The van der Waals surface area contributed by atoms with Gasteiger partial charge in [-0.2, -0.15) is 0 Å². The molecular weight excluding hydrogens is 450 g/mol. The summed E-state index contributed by atoms with van der Waals surface area (Å²) in [6.45, 7) is 3.86. The van der Waals surface area contributed by atoms with Crippen molar-refractivity contribution in [2.75, 3.05) is 36.4 Å². The van der Waals surface area contributed by atoms with Crippen LogP contribution in [0.5, 0.6) is 0 Å². The Bertz CT molecular complexity index is 1270. The molecule has 34 heavy (non-hydrogen) atoms. The van der Waals surface area contributed by atoms with Crippen LogP contribution >= 0.6 is 11.3 Å². The molecule has 3 amide bonds. The van der Waals surface area contributed by atoms with Crippen LogP contribution in [0.3, 0.4) is 0 Å². The van der Waals surface area contributed by atoms with E-state index in [1.165, 1.54) is 11.3 Å². The first-order valence-electron chi connectivity index (χ1n) is 10.7. The van der Waals surface area contributed by atoms with Crippen LogP contribution in [-0.4, -0.2) is 53.8 Å². The van der Waals surface area contributed by atoms with Gasteiger partial charge in [-0.15, -0.1) is 0 Å². The lowest BCUT2D eigenvalue weighted by atomic mass is 10.1. The summed E-state index contributed by atoms with van der Waals surface area (Å²) in [5, 5.41) is 3.51. The smallest absolute Gasteiger partial charge is 0.298 e. The van der Waals surface area contributed by atoms with E-state index in [4.69, 9.17) is 5.73 Å². The minimum absolute atomic E-state index is 0.184. The summed E-state index contributed by atoms with van der Waals surface area (Å²) in [5.41, 5.74) is 8.01. The molecule has 0 unspecified atom stereocenters. The Balaban J connectivity index is 1.51. The van der Waals surface area contributed by atoms with Gasteiger partial charge in [0.2, 0.25) is 0 Å². The second-order valence-electron chi connectivity index (χ2n) is 7.59. The highest BCUT2D eigenvalue weighted by molar-refractivity contribution is 7.18. The number of aromatic nitrogens is 1. The summed E-state index contributed by atoms with van der Waals surface area (Å²) in [7, 11) is 0. The minimum atomic E-state index is -0.559. The number of hydrogen-bond donors (Lipinski definition) is 2. The van der Waals surface area contributed by atoms with Gasteiger partial charge in [0, 0.05) is 43.0 Å². The lowest BCUT2D eigenvalue weighted by Crippen LogP contribution is -2.48. The third-order valence-electron chi connectivity index (χ3n) is 5.36. The molecule has 3 N–H and O–H groups in total. The van der Waals surface area contributed by atoms with E-state index in [9.17, 15) is 14.4 Å². The highest BCUT2D eigenvalue weighted by atomic mass is 32.1. The molecule has 4 rings (SSSR count). The molecule has 1 aromatic heterocycles. The Morgan fingerprint density at radius 2 is 1.68 bits per heavy atom. The van der Waals surface area contributed by atoms with Crippen LogP contribution < -0.4 is 16.0 Å². The lowest BCUT2D eigenvalue weighted by Gasteiger charge is -2.33. The van der Waals surface area contributed by atoms with Gasteiger partial charge in [-0.3, -0.25) is 14.4 Å². The topological polar surface area (TPSA) is 109 Å². The first-order valence-corrected chi connectivity index (χ1v) is 11.5. The normalized spacial score (nSPS) is 13.1. The van der Waals surface area contributed by atoms with Crippen LogP contribution in [0.2, 0.25) is 0 Å². The molecule has 0 aliphatic carbocycles. The highest BCUT2D eigenvalue weighted by Gasteiger charge is 2.25. The molecule has 8 nitrogen and oxygen atoms in total. The molecule has 1 saturated heterocycles. The fourth-order valence-corrected chi connectivity index (χ4v) is 4.59. The van der Waals surface area contributed by atoms with Gasteiger partial charge in [0.1, 0.15) is 4.88 Å². The van der Waals surface area contributed by atoms with Crippen LogP contribution in [0.1, 0.15) is 27.0 Å². The lowest BCUT2D eigenvalue weighted by molar-refractivity contribution is -0.125. The second kappa shape index (κ2) is 10.2. The first kappa shape index (κ1) is 23.0. The predicted molar refractivity (Wildman–Crippen MR) is 133 cm³/mol. The Kier molecular flexibility index (Phi) is 6.90. The van der Waals surface area contributed by atoms with E-state index in [2.05, 4.69) is 22.1 Å². The van der Waals surface area contributed by atoms with Gasteiger partial charge in [0.05, 0.1) is 5.69 Å². The van der Waals surface area contributed by atoms with Crippen LogP contribution in [0.4, 0.5) is 10.8 Å². The Labute approximate surface area is 201 Å². The van der Waals surface area contributed by atoms with Crippen molar-refractivity contribution in [1.82, 2.24) is 9.88 Å². The molecule has 0 atom stereocenters.